The lowest BCUT2D eigenvalue weighted by molar-refractivity contribution is 0.0930. The Balaban J connectivity index is 1.56. The highest BCUT2D eigenvalue weighted by Crippen LogP contribution is 2.31. The van der Waals surface area contributed by atoms with Gasteiger partial charge in [0.2, 0.25) is 0 Å². The van der Waals surface area contributed by atoms with Crippen LogP contribution in [0.2, 0.25) is 0 Å². The topological polar surface area (TPSA) is 82.2 Å². The number of aromatic nitrogens is 3. The normalized spacial score (nSPS) is 12.1. The molecule has 4 aromatic rings. The molecular formula is C21H19FN4O3. The Labute approximate surface area is 166 Å². The van der Waals surface area contributed by atoms with Crippen molar-refractivity contribution < 1.29 is 18.3 Å². The van der Waals surface area contributed by atoms with E-state index in [1.54, 1.807) is 26.2 Å². The number of furan rings is 1. The lowest BCUT2D eigenvalue weighted by atomic mass is 10.2. The molecule has 0 radical (unpaired) electrons. The first-order valence-corrected chi connectivity index (χ1v) is 9.03. The van der Waals surface area contributed by atoms with Gasteiger partial charge in [-0.25, -0.2) is 9.07 Å². The Morgan fingerprint density at radius 2 is 2.00 bits per heavy atom. The quantitative estimate of drug-likeness (QED) is 0.554. The highest BCUT2D eigenvalue weighted by molar-refractivity contribution is 5.93. The molecule has 0 aliphatic rings. The molecule has 7 nitrogen and oxygen atoms in total. The SMILES string of the molecule is COc1cccc2cc(C(C)NC(=O)c3nnn(-c4ccc(F)cc4)c3C)oc12. The van der Waals surface area contributed by atoms with E-state index in [9.17, 15) is 9.18 Å². The molecule has 29 heavy (non-hydrogen) atoms. The van der Waals surface area contributed by atoms with Crippen LogP contribution in [0.15, 0.2) is 52.9 Å². The lowest BCUT2D eigenvalue weighted by Crippen LogP contribution is -2.27. The number of para-hydroxylation sites is 1. The molecule has 0 saturated carbocycles. The van der Waals surface area contributed by atoms with Crippen LogP contribution in [-0.2, 0) is 0 Å². The van der Waals surface area contributed by atoms with Crippen LogP contribution < -0.4 is 10.1 Å². The minimum atomic E-state index is -0.394. The average molecular weight is 394 g/mol. The maximum Gasteiger partial charge on any atom is 0.274 e. The molecule has 0 aliphatic heterocycles. The molecule has 1 unspecified atom stereocenters. The van der Waals surface area contributed by atoms with E-state index in [2.05, 4.69) is 15.6 Å². The van der Waals surface area contributed by atoms with Crippen LogP contribution >= 0.6 is 0 Å². The van der Waals surface area contributed by atoms with Crippen LogP contribution in [0, 0.1) is 12.7 Å². The van der Waals surface area contributed by atoms with Crippen molar-refractivity contribution in [2.45, 2.75) is 19.9 Å². The van der Waals surface area contributed by atoms with Gasteiger partial charge in [0, 0.05) is 5.39 Å². The van der Waals surface area contributed by atoms with Gasteiger partial charge in [-0.3, -0.25) is 4.79 Å². The molecule has 0 spiro atoms. The molecule has 1 N–H and O–H groups in total. The fourth-order valence-electron chi connectivity index (χ4n) is 3.13. The summed E-state index contributed by atoms with van der Waals surface area (Å²) in [5, 5.41) is 11.8. The fourth-order valence-corrected chi connectivity index (χ4v) is 3.13. The first-order valence-electron chi connectivity index (χ1n) is 9.03. The molecule has 0 bridgehead atoms. The molecule has 4 rings (SSSR count). The summed E-state index contributed by atoms with van der Waals surface area (Å²) < 4.78 is 25.8. The van der Waals surface area contributed by atoms with Crippen molar-refractivity contribution >= 4 is 16.9 Å². The summed E-state index contributed by atoms with van der Waals surface area (Å²) in [4.78, 5) is 12.7. The van der Waals surface area contributed by atoms with Gasteiger partial charge >= 0.3 is 0 Å². The third-order valence-corrected chi connectivity index (χ3v) is 4.70. The summed E-state index contributed by atoms with van der Waals surface area (Å²) >= 11 is 0. The Morgan fingerprint density at radius 1 is 1.24 bits per heavy atom. The minimum absolute atomic E-state index is 0.190. The second-order valence-corrected chi connectivity index (χ2v) is 6.63. The molecule has 1 atom stereocenters. The highest BCUT2D eigenvalue weighted by atomic mass is 19.1. The van der Waals surface area contributed by atoms with E-state index >= 15 is 0 Å². The van der Waals surface area contributed by atoms with E-state index in [4.69, 9.17) is 9.15 Å². The summed E-state index contributed by atoms with van der Waals surface area (Å²) in [5.41, 5.74) is 1.99. The van der Waals surface area contributed by atoms with E-state index < -0.39 is 6.04 Å². The maximum atomic E-state index is 13.1. The predicted molar refractivity (Wildman–Crippen MR) is 105 cm³/mol. The smallest absolute Gasteiger partial charge is 0.274 e. The van der Waals surface area contributed by atoms with Crippen LogP contribution in [0.3, 0.4) is 0 Å². The first-order chi connectivity index (χ1) is 14.0. The van der Waals surface area contributed by atoms with Gasteiger partial charge in [-0.1, -0.05) is 17.3 Å². The molecule has 2 aromatic heterocycles. The van der Waals surface area contributed by atoms with E-state index in [0.29, 0.717) is 28.5 Å². The molecule has 0 fully saturated rings. The number of methoxy groups -OCH3 is 1. The average Bonchev–Trinajstić information content (AvgIpc) is 3.32. The van der Waals surface area contributed by atoms with Crippen LogP contribution in [0.5, 0.6) is 5.75 Å². The van der Waals surface area contributed by atoms with E-state index in [-0.39, 0.29) is 17.4 Å². The van der Waals surface area contributed by atoms with Gasteiger partial charge in [0.15, 0.2) is 17.0 Å². The van der Waals surface area contributed by atoms with Crippen LogP contribution in [-0.4, -0.2) is 28.0 Å². The number of ether oxygens (including phenoxy) is 1. The maximum absolute atomic E-state index is 13.1. The monoisotopic (exact) mass is 394 g/mol. The number of hydrogen-bond donors (Lipinski definition) is 1. The Bertz CT molecular complexity index is 1180. The number of amides is 1. The number of halogens is 1. The number of fused-ring (bicyclic) bond motifs is 1. The number of nitrogens with zero attached hydrogens (tertiary/aromatic N) is 3. The van der Waals surface area contributed by atoms with Crippen LogP contribution in [0.4, 0.5) is 4.39 Å². The number of nitrogens with one attached hydrogen (secondary N) is 1. The first kappa shape index (κ1) is 18.7. The van der Waals surface area contributed by atoms with Crippen molar-refractivity contribution in [1.29, 1.82) is 0 Å². The fraction of sp³-hybridized carbons (Fsp3) is 0.190. The van der Waals surface area contributed by atoms with Gasteiger partial charge in [-0.05, 0) is 50.2 Å². The number of rotatable bonds is 5. The van der Waals surface area contributed by atoms with Gasteiger partial charge in [-0.2, -0.15) is 0 Å². The summed E-state index contributed by atoms with van der Waals surface area (Å²) in [6.07, 6.45) is 0. The third kappa shape index (κ3) is 3.44. The van der Waals surface area contributed by atoms with E-state index in [0.717, 1.165) is 5.39 Å². The van der Waals surface area contributed by atoms with E-state index in [1.165, 1.54) is 16.8 Å². The number of hydrogen-bond acceptors (Lipinski definition) is 5. The molecule has 0 saturated heterocycles. The van der Waals surface area contributed by atoms with E-state index in [1.807, 2.05) is 31.2 Å². The molecule has 2 heterocycles. The molecular weight excluding hydrogens is 375 g/mol. The van der Waals surface area contributed by atoms with Crippen molar-refractivity contribution in [3.63, 3.8) is 0 Å². The zero-order chi connectivity index (χ0) is 20.5. The Morgan fingerprint density at radius 3 is 2.72 bits per heavy atom. The summed E-state index contributed by atoms with van der Waals surface area (Å²) in [7, 11) is 1.58. The third-order valence-electron chi connectivity index (χ3n) is 4.70. The second kappa shape index (κ2) is 7.38. The molecule has 148 valence electrons. The Kier molecular flexibility index (Phi) is 4.75. The molecule has 8 heteroatoms. The molecule has 2 aromatic carbocycles. The van der Waals surface area contributed by atoms with Crippen molar-refractivity contribution in [2.75, 3.05) is 7.11 Å². The predicted octanol–water partition coefficient (Wildman–Crippen LogP) is 3.96. The second-order valence-electron chi connectivity index (χ2n) is 6.63. The van der Waals surface area contributed by atoms with Crippen LogP contribution in [0.25, 0.3) is 16.7 Å². The standard InChI is InChI=1S/C21H19FN4O3/c1-12(18-11-14-5-4-6-17(28-3)20(14)29-18)23-21(27)19-13(2)26(25-24-19)16-9-7-15(22)8-10-16/h4-12H,1-3H3,(H,23,27). The molecule has 0 aliphatic carbocycles. The summed E-state index contributed by atoms with van der Waals surface area (Å²) in [5.74, 6) is 0.503. The van der Waals surface area contributed by atoms with Gasteiger partial charge in [0.05, 0.1) is 24.5 Å². The highest BCUT2D eigenvalue weighted by Gasteiger charge is 2.21. The van der Waals surface area contributed by atoms with Gasteiger partial charge in [-0.15, -0.1) is 5.10 Å². The zero-order valence-electron chi connectivity index (χ0n) is 16.1. The van der Waals surface area contributed by atoms with Gasteiger partial charge in [0.25, 0.3) is 5.91 Å². The van der Waals surface area contributed by atoms with Crippen molar-refractivity contribution in [2.24, 2.45) is 0 Å². The largest absolute Gasteiger partial charge is 0.493 e. The number of carbonyl (C=O) groups is 1. The van der Waals surface area contributed by atoms with Gasteiger partial charge in [0.1, 0.15) is 11.6 Å². The Hall–Kier alpha value is -3.68. The van der Waals surface area contributed by atoms with Crippen molar-refractivity contribution in [1.82, 2.24) is 20.3 Å². The van der Waals surface area contributed by atoms with Gasteiger partial charge < -0.3 is 14.5 Å². The summed E-state index contributed by atoms with van der Waals surface area (Å²) in [6, 6.07) is 12.9. The zero-order valence-corrected chi connectivity index (χ0v) is 16.1. The van der Waals surface area contributed by atoms with Crippen LogP contribution in [0.1, 0.15) is 34.9 Å². The number of carbonyl (C=O) groups excluding carboxylic acids is 1. The minimum Gasteiger partial charge on any atom is -0.493 e. The van der Waals surface area contributed by atoms with Crippen molar-refractivity contribution in [3.8, 4) is 11.4 Å². The summed E-state index contributed by atoms with van der Waals surface area (Å²) in [6.45, 7) is 3.55. The molecule has 1 amide bonds. The number of benzene rings is 2. The van der Waals surface area contributed by atoms with Crippen molar-refractivity contribution in [3.05, 3.63) is 71.5 Å². The lowest BCUT2D eigenvalue weighted by Gasteiger charge is -2.10.